The van der Waals surface area contributed by atoms with Crippen molar-refractivity contribution >= 4 is 22.9 Å². The highest BCUT2D eigenvalue weighted by Crippen LogP contribution is 2.40. The molecular weight excluding hydrogens is 364 g/mol. The van der Waals surface area contributed by atoms with Crippen LogP contribution in [0.3, 0.4) is 0 Å². The number of hydrogen-bond acceptors (Lipinski definition) is 3. The summed E-state index contributed by atoms with van der Waals surface area (Å²) in [5.74, 6) is -1.76. The summed E-state index contributed by atoms with van der Waals surface area (Å²) in [6.07, 6.45) is -5.36. The van der Waals surface area contributed by atoms with E-state index >= 15 is 0 Å². The van der Waals surface area contributed by atoms with Crippen molar-refractivity contribution in [1.82, 2.24) is 9.55 Å². The van der Waals surface area contributed by atoms with Gasteiger partial charge in [-0.25, -0.2) is 9.37 Å². The lowest BCUT2D eigenvalue weighted by Gasteiger charge is -2.28. The summed E-state index contributed by atoms with van der Waals surface area (Å²) in [4.78, 5) is 16.4. The normalized spacial score (nSPS) is 12.9. The van der Waals surface area contributed by atoms with E-state index in [9.17, 15) is 22.4 Å². The molecule has 0 atom stereocenters. The van der Waals surface area contributed by atoms with Crippen LogP contribution in [0.15, 0.2) is 12.1 Å². The zero-order valence-corrected chi connectivity index (χ0v) is 15.6. The first-order valence-corrected chi connectivity index (χ1v) is 8.17. The van der Waals surface area contributed by atoms with E-state index in [-0.39, 0.29) is 22.5 Å². The lowest BCUT2D eigenvalue weighted by atomic mass is 9.88. The van der Waals surface area contributed by atoms with E-state index in [0.717, 1.165) is 13.8 Å². The third kappa shape index (κ3) is 3.89. The molecule has 146 valence electrons. The molecule has 0 fully saturated rings. The molecule has 0 bridgehead atoms. The van der Waals surface area contributed by atoms with Crippen molar-refractivity contribution in [3.63, 3.8) is 0 Å². The van der Waals surface area contributed by atoms with Crippen molar-refractivity contribution < 1.29 is 22.4 Å². The second kappa shape index (κ2) is 6.51. The zero-order valence-electron chi connectivity index (χ0n) is 15.6. The summed E-state index contributed by atoms with van der Waals surface area (Å²) in [5.41, 5.74) is -2.98. The molecule has 27 heavy (non-hydrogen) atoms. The number of nitriles is 1. The molecule has 1 N–H and O–H groups in total. The maximum atomic E-state index is 14.7. The van der Waals surface area contributed by atoms with Crippen molar-refractivity contribution in [2.45, 2.75) is 52.8 Å². The Morgan fingerprint density at radius 3 is 2.30 bits per heavy atom. The zero-order chi connectivity index (χ0) is 20.8. The first-order chi connectivity index (χ1) is 12.2. The van der Waals surface area contributed by atoms with Crippen LogP contribution in [0.1, 0.15) is 46.6 Å². The monoisotopic (exact) mass is 384 g/mol. The number of alkyl halides is 3. The minimum absolute atomic E-state index is 0.00642. The summed E-state index contributed by atoms with van der Waals surface area (Å²) < 4.78 is 55.1. The standard InChI is InChI=1S/C18H20F4N4O/c1-16(2,3)26-14-11(7-6-10(9-23)13(14)19)24-15(26)25-12(27)8-17(4,5)18(20,21)22/h6-7H,8H2,1-5H3,(H,24,25,27). The fourth-order valence-electron chi connectivity index (χ4n) is 2.62. The Bertz CT molecular complexity index is 930. The molecule has 0 unspecified atom stereocenters. The van der Waals surface area contributed by atoms with E-state index in [1.54, 1.807) is 26.8 Å². The number of benzene rings is 1. The fraction of sp³-hybridized carbons (Fsp3) is 0.500. The Morgan fingerprint density at radius 1 is 1.22 bits per heavy atom. The number of nitrogens with one attached hydrogen (secondary N) is 1. The molecule has 0 saturated carbocycles. The lowest BCUT2D eigenvalue weighted by Crippen LogP contribution is -2.36. The molecule has 2 rings (SSSR count). The van der Waals surface area contributed by atoms with Crippen LogP contribution in [0.5, 0.6) is 0 Å². The fourth-order valence-corrected chi connectivity index (χ4v) is 2.62. The first-order valence-electron chi connectivity index (χ1n) is 8.17. The quantitative estimate of drug-likeness (QED) is 0.779. The van der Waals surface area contributed by atoms with Crippen LogP contribution >= 0.6 is 0 Å². The minimum Gasteiger partial charge on any atom is -0.302 e. The predicted octanol–water partition coefficient (Wildman–Crippen LogP) is 4.72. The van der Waals surface area contributed by atoms with Gasteiger partial charge >= 0.3 is 6.18 Å². The van der Waals surface area contributed by atoms with E-state index in [4.69, 9.17) is 5.26 Å². The third-order valence-electron chi connectivity index (χ3n) is 4.17. The Kier molecular flexibility index (Phi) is 4.99. The molecular formula is C18H20F4N4O. The van der Waals surface area contributed by atoms with E-state index in [1.807, 2.05) is 0 Å². The Labute approximate surface area is 154 Å². The molecule has 0 aliphatic rings. The lowest BCUT2D eigenvalue weighted by molar-refractivity contribution is -0.213. The highest BCUT2D eigenvalue weighted by molar-refractivity contribution is 5.92. The number of aromatic nitrogens is 2. The van der Waals surface area contributed by atoms with Crippen LogP contribution in [-0.4, -0.2) is 21.6 Å². The molecule has 0 spiro atoms. The number of nitrogens with zero attached hydrogens (tertiary/aromatic N) is 3. The van der Waals surface area contributed by atoms with Crippen LogP contribution < -0.4 is 5.32 Å². The van der Waals surface area contributed by atoms with Gasteiger partial charge in [0.2, 0.25) is 11.9 Å². The number of hydrogen-bond donors (Lipinski definition) is 1. The second-order valence-electron chi connectivity index (χ2n) is 7.95. The third-order valence-corrected chi connectivity index (χ3v) is 4.17. The van der Waals surface area contributed by atoms with Crippen LogP contribution in [0.2, 0.25) is 0 Å². The van der Waals surface area contributed by atoms with E-state index < -0.39 is 35.3 Å². The molecule has 0 aliphatic carbocycles. The first kappa shape index (κ1) is 20.7. The van der Waals surface area contributed by atoms with Crippen LogP contribution in [-0.2, 0) is 10.3 Å². The molecule has 1 heterocycles. The predicted molar refractivity (Wildman–Crippen MR) is 92.5 cm³/mol. The topological polar surface area (TPSA) is 70.7 Å². The van der Waals surface area contributed by atoms with Crippen molar-refractivity contribution in [3.05, 3.63) is 23.5 Å². The molecule has 0 radical (unpaired) electrons. The number of carbonyl (C=O) groups excluding carboxylic acids is 1. The summed E-state index contributed by atoms with van der Waals surface area (Å²) >= 11 is 0. The molecule has 5 nitrogen and oxygen atoms in total. The summed E-state index contributed by atoms with van der Waals surface area (Å²) in [6, 6.07) is 4.42. The number of carbonyl (C=O) groups is 1. The molecule has 1 amide bonds. The molecule has 0 saturated heterocycles. The smallest absolute Gasteiger partial charge is 0.302 e. The van der Waals surface area contributed by atoms with Gasteiger partial charge < -0.3 is 4.57 Å². The number of fused-ring (bicyclic) bond motifs is 1. The molecule has 2 aromatic rings. The van der Waals surface area contributed by atoms with E-state index in [2.05, 4.69) is 10.3 Å². The SMILES string of the molecule is CC(C)(C)n1c(NC(=O)CC(C)(C)C(F)(F)F)nc2ccc(C#N)c(F)c21. The van der Waals surface area contributed by atoms with Gasteiger partial charge in [0.25, 0.3) is 0 Å². The van der Waals surface area contributed by atoms with Crippen molar-refractivity contribution in [2.75, 3.05) is 5.32 Å². The van der Waals surface area contributed by atoms with Gasteiger partial charge in [-0.1, -0.05) is 13.8 Å². The maximum absolute atomic E-state index is 14.7. The van der Waals surface area contributed by atoms with Gasteiger partial charge in [-0.3, -0.25) is 10.1 Å². The van der Waals surface area contributed by atoms with Crippen molar-refractivity contribution in [3.8, 4) is 6.07 Å². The number of amides is 1. The average molecular weight is 384 g/mol. The molecule has 1 aromatic heterocycles. The van der Waals surface area contributed by atoms with E-state index in [1.165, 1.54) is 16.7 Å². The summed E-state index contributed by atoms with van der Waals surface area (Å²) in [6.45, 7) is 7.03. The van der Waals surface area contributed by atoms with Gasteiger partial charge in [0.1, 0.15) is 11.6 Å². The molecule has 0 aliphatic heterocycles. The van der Waals surface area contributed by atoms with Gasteiger partial charge in [-0.2, -0.15) is 18.4 Å². The van der Waals surface area contributed by atoms with Gasteiger partial charge in [0.15, 0.2) is 5.82 Å². The second-order valence-corrected chi connectivity index (χ2v) is 7.95. The van der Waals surface area contributed by atoms with Crippen LogP contribution in [0.25, 0.3) is 11.0 Å². The summed E-state index contributed by atoms with van der Waals surface area (Å²) in [5, 5.41) is 11.4. The number of rotatable bonds is 3. The van der Waals surface area contributed by atoms with Crippen LogP contribution in [0, 0.1) is 22.6 Å². The Hall–Kier alpha value is -2.63. The summed E-state index contributed by atoms with van der Waals surface area (Å²) in [7, 11) is 0. The van der Waals surface area contributed by atoms with Crippen molar-refractivity contribution in [1.29, 1.82) is 5.26 Å². The highest BCUT2D eigenvalue weighted by Gasteiger charge is 2.48. The number of anilines is 1. The average Bonchev–Trinajstić information content (AvgIpc) is 2.84. The molecule has 9 heteroatoms. The molecule has 1 aromatic carbocycles. The van der Waals surface area contributed by atoms with Gasteiger partial charge in [0, 0.05) is 12.0 Å². The van der Waals surface area contributed by atoms with Crippen LogP contribution in [0.4, 0.5) is 23.5 Å². The number of halogens is 4. The van der Waals surface area contributed by atoms with Gasteiger partial charge in [0.05, 0.1) is 16.5 Å². The highest BCUT2D eigenvalue weighted by atomic mass is 19.4. The maximum Gasteiger partial charge on any atom is 0.394 e. The minimum atomic E-state index is -4.55. The Morgan fingerprint density at radius 2 is 1.81 bits per heavy atom. The largest absolute Gasteiger partial charge is 0.394 e. The van der Waals surface area contributed by atoms with Gasteiger partial charge in [-0.05, 0) is 32.9 Å². The number of imidazole rings is 1. The van der Waals surface area contributed by atoms with Crippen molar-refractivity contribution in [2.24, 2.45) is 5.41 Å². The van der Waals surface area contributed by atoms with Gasteiger partial charge in [-0.15, -0.1) is 0 Å². The Balaban J connectivity index is 2.52. The van der Waals surface area contributed by atoms with E-state index in [0.29, 0.717) is 0 Å².